The lowest BCUT2D eigenvalue weighted by Crippen LogP contribution is -2.14. The molecule has 9 heteroatoms. The van der Waals surface area contributed by atoms with Gasteiger partial charge in [-0.25, -0.2) is 0 Å². The molecule has 32 heavy (non-hydrogen) atoms. The quantitative estimate of drug-likeness (QED) is 0.489. The molecule has 0 N–H and O–H groups in total. The Morgan fingerprint density at radius 1 is 1.16 bits per heavy atom. The van der Waals surface area contributed by atoms with Crippen LogP contribution in [0.25, 0.3) is 11.4 Å². The summed E-state index contributed by atoms with van der Waals surface area (Å²) in [7, 11) is 1.58. The molecule has 0 saturated heterocycles. The summed E-state index contributed by atoms with van der Waals surface area (Å²) in [5.74, 6) is 5.35. The maximum atomic E-state index is 11.2. The van der Waals surface area contributed by atoms with Gasteiger partial charge in [0, 0.05) is 16.9 Å². The molecule has 0 atom stereocenters. The van der Waals surface area contributed by atoms with Crippen LogP contribution in [-0.2, 0) is 4.79 Å². The first-order valence-corrected chi connectivity index (χ1v) is 10.7. The lowest BCUT2D eigenvalue weighted by molar-refractivity contribution is -0.118. The van der Waals surface area contributed by atoms with Crippen LogP contribution in [0.2, 0.25) is 0 Å². The van der Waals surface area contributed by atoms with E-state index >= 15 is 0 Å². The number of carbonyl (C=O) groups is 1. The molecular weight excluding hydrogens is 428 g/mol. The highest BCUT2D eigenvalue weighted by Crippen LogP contribution is 2.32. The largest absolute Gasteiger partial charge is 0.493 e. The first-order chi connectivity index (χ1) is 15.6. The number of rotatable bonds is 8. The van der Waals surface area contributed by atoms with Crippen LogP contribution < -0.4 is 14.2 Å². The number of benzene rings is 2. The smallest absolute Gasteiger partial charge is 0.212 e. The molecule has 2 aromatic carbocycles. The summed E-state index contributed by atoms with van der Waals surface area (Å²) in [6.45, 7) is 1.64. The van der Waals surface area contributed by atoms with Crippen molar-refractivity contribution >= 4 is 23.3 Å². The van der Waals surface area contributed by atoms with Crippen molar-refractivity contribution in [3.63, 3.8) is 0 Å². The fraction of sp³-hybridized carbons (Fsp3) is 0.217. The summed E-state index contributed by atoms with van der Waals surface area (Å²) in [6.07, 6.45) is 5.32. The second-order valence-corrected chi connectivity index (χ2v) is 7.77. The molecule has 0 radical (unpaired) electrons. The minimum Gasteiger partial charge on any atom is -0.493 e. The first-order valence-electron chi connectivity index (χ1n) is 9.72. The van der Waals surface area contributed by atoms with Gasteiger partial charge in [-0.3, -0.25) is 4.79 Å². The van der Waals surface area contributed by atoms with Crippen LogP contribution in [0.15, 0.2) is 52.7 Å². The van der Waals surface area contributed by atoms with Crippen LogP contribution in [0.1, 0.15) is 12.5 Å². The summed E-state index contributed by atoms with van der Waals surface area (Å²) in [6, 6.07) is 12.9. The number of Topliss-reactive ketones (excluding diaryl/α,β-unsaturated/α-hetero) is 1. The van der Waals surface area contributed by atoms with E-state index in [0.717, 1.165) is 16.8 Å². The van der Waals surface area contributed by atoms with Crippen LogP contribution in [0, 0.1) is 12.3 Å². The average Bonchev–Trinajstić information content (AvgIpc) is 3.24. The zero-order valence-corrected chi connectivity index (χ0v) is 18.4. The van der Waals surface area contributed by atoms with E-state index in [4.69, 9.17) is 25.7 Å². The lowest BCUT2D eigenvalue weighted by Gasteiger charge is -2.16. The molecule has 0 unspecified atom stereocenters. The summed E-state index contributed by atoms with van der Waals surface area (Å²) in [5.41, 5.74) is 2.50. The van der Waals surface area contributed by atoms with Crippen molar-refractivity contribution in [1.82, 2.24) is 14.9 Å². The lowest BCUT2D eigenvalue weighted by atomic mass is 10.1. The summed E-state index contributed by atoms with van der Waals surface area (Å²) in [5, 5.41) is 14.1. The molecule has 2 heterocycles. The van der Waals surface area contributed by atoms with Crippen molar-refractivity contribution < 1.29 is 19.0 Å². The van der Waals surface area contributed by atoms with Gasteiger partial charge in [-0.05, 0) is 37.3 Å². The maximum absolute atomic E-state index is 11.2. The summed E-state index contributed by atoms with van der Waals surface area (Å²) < 4.78 is 18.2. The Morgan fingerprint density at radius 3 is 2.81 bits per heavy atom. The Kier molecular flexibility index (Phi) is 6.42. The molecule has 1 aliphatic heterocycles. The third kappa shape index (κ3) is 4.60. The van der Waals surface area contributed by atoms with Gasteiger partial charge in [0.05, 0.1) is 12.8 Å². The number of fused-ring (bicyclic) bond motifs is 1. The van der Waals surface area contributed by atoms with Crippen molar-refractivity contribution in [2.45, 2.75) is 12.1 Å². The molecule has 1 aromatic heterocycles. The monoisotopic (exact) mass is 448 g/mol. The standard InChI is InChI=1S/C23H20N4O4S/c1-4-10-30-21-12-16(8-9-20(21)29-3)19-14-32-23-25-24-22(27(23)26-19)17-6-5-7-18(11-17)31-13-15(2)28/h1,5-9,11-12H,10,13-14H2,2-3H3. The van der Waals surface area contributed by atoms with Crippen LogP contribution in [0.4, 0.5) is 0 Å². The molecule has 1 aliphatic rings. The van der Waals surface area contributed by atoms with E-state index in [0.29, 0.717) is 34.0 Å². The number of hydrogen-bond acceptors (Lipinski definition) is 8. The van der Waals surface area contributed by atoms with E-state index in [1.165, 1.54) is 18.7 Å². The third-order valence-electron chi connectivity index (χ3n) is 4.51. The molecule has 4 rings (SSSR count). The number of carbonyl (C=O) groups excluding carboxylic acids is 1. The van der Waals surface area contributed by atoms with Gasteiger partial charge in [-0.1, -0.05) is 29.8 Å². The predicted molar refractivity (Wildman–Crippen MR) is 122 cm³/mol. The fourth-order valence-electron chi connectivity index (χ4n) is 3.05. The highest BCUT2D eigenvalue weighted by molar-refractivity contribution is 7.99. The van der Waals surface area contributed by atoms with E-state index in [2.05, 4.69) is 16.1 Å². The minimum atomic E-state index is -0.0500. The van der Waals surface area contributed by atoms with Crippen LogP contribution >= 0.6 is 11.8 Å². The van der Waals surface area contributed by atoms with Crippen molar-refractivity contribution in [1.29, 1.82) is 0 Å². The summed E-state index contributed by atoms with van der Waals surface area (Å²) in [4.78, 5) is 11.2. The number of ether oxygens (including phenoxy) is 3. The second-order valence-electron chi connectivity index (χ2n) is 6.83. The van der Waals surface area contributed by atoms with E-state index in [1.54, 1.807) is 17.9 Å². The SMILES string of the molecule is C#CCOc1cc(C2=Nn3c(nnc3-c3cccc(OCC(C)=O)c3)SC2)ccc1OC. The second kappa shape index (κ2) is 9.58. The molecule has 0 aliphatic carbocycles. The Bertz CT molecular complexity index is 1230. The maximum Gasteiger partial charge on any atom is 0.212 e. The minimum absolute atomic E-state index is 0.0150. The number of methoxy groups -OCH3 is 1. The zero-order valence-electron chi connectivity index (χ0n) is 17.6. The van der Waals surface area contributed by atoms with E-state index < -0.39 is 0 Å². The highest BCUT2D eigenvalue weighted by Gasteiger charge is 2.22. The predicted octanol–water partition coefficient (Wildman–Crippen LogP) is 3.29. The Balaban J connectivity index is 1.67. The topological polar surface area (TPSA) is 87.8 Å². The Morgan fingerprint density at radius 2 is 2.03 bits per heavy atom. The zero-order chi connectivity index (χ0) is 22.5. The summed E-state index contributed by atoms with van der Waals surface area (Å²) >= 11 is 1.54. The third-order valence-corrected chi connectivity index (χ3v) is 5.44. The normalized spacial score (nSPS) is 12.3. The molecule has 3 aromatic rings. The molecule has 0 saturated carbocycles. The fourth-order valence-corrected chi connectivity index (χ4v) is 3.89. The number of nitrogens with zero attached hydrogens (tertiary/aromatic N) is 4. The van der Waals surface area contributed by atoms with Gasteiger partial charge in [0.2, 0.25) is 5.16 Å². The molecule has 0 fully saturated rings. The van der Waals surface area contributed by atoms with Crippen LogP contribution in [0.5, 0.6) is 17.2 Å². The molecule has 0 bridgehead atoms. The highest BCUT2D eigenvalue weighted by atomic mass is 32.2. The molecular formula is C23H20N4O4S. The van der Waals surface area contributed by atoms with Gasteiger partial charge in [0.25, 0.3) is 0 Å². The number of terminal acetylenes is 1. The van der Waals surface area contributed by atoms with Gasteiger partial charge in [0.1, 0.15) is 19.0 Å². The average molecular weight is 449 g/mol. The molecule has 162 valence electrons. The van der Waals surface area contributed by atoms with Crippen LogP contribution in [0.3, 0.4) is 0 Å². The number of thioether (sulfide) groups is 1. The number of hydrogen-bond donors (Lipinski definition) is 0. The molecule has 8 nitrogen and oxygen atoms in total. The number of ketones is 1. The van der Waals surface area contributed by atoms with E-state index in [-0.39, 0.29) is 19.0 Å². The van der Waals surface area contributed by atoms with Gasteiger partial charge in [0.15, 0.2) is 23.1 Å². The van der Waals surface area contributed by atoms with E-state index in [1.807, 2.05) is 36.4 Å². The van der Waals surface area contributed by atoms with Crippen molar-refractivity contribution in [2.75, 3.05) is 26.1 Å². The van der Waals surface area contributed by atoms with Crippen molar-refractivity contribution in [3.05, 3.63) is 48.0 Å². The van der Waals surface area contributed by atoms with E-state index in [9.17, 15) is 4.79 Å². The van der Waals surface area contributed by atoms with Gasteiger partial charge in [-0.2, -0.15) is 9.78 Å². The van der Waals surface area contributed by atoms with Crippen LogP contribution in [-0.4, -0.2) is 52.4 Å². The van der Waals surface area contributed by atoms with Gasteiger partial charge >= 0.3 is 0 Å². The Labute approximate surface area is 189 Å². The van der Waals surface area contributed by atoms with Crippen molar-refractivity contribution in [2.24, 2.45) is 5.10 Å². The first kappa shape index (κ1) is 21.5. The molecule has 0 amide bonds. The van der Waals surface area contributed by atoms with Crippen molar-refractivity contribution in [3.8, 4) is 41.0 Å². The molecule has 0 spiro atoms. The van der Waals surface area contributed by atoms with Gasteiger partial charge in [-0.15, -0.1) is 16.6 Å². The number of aromatic nitrogens is 3. The Hall–Kier alpha value is -3.77. The van der Waals surface area contributed by atoms with Gasteiger partial charge < -0.3 is 14.2 Å².